The Morgan fingerprint density at radius 1 is 1.00 bits per heavy atom. The molecule has 0 radical (unpaired) electrons. The first-order chi connectivity index (χ1) is 16.3. The molecule has 0 saturated carbocycles. The summed E-state index contributed by atoms with van der Waals surface area (Å²) in [6.07, 6.45) is 1.57. The van der Waals surface area contributed by atoms with Gasteiger partial charge in [-0.3, -0.25) is 0 Å². The minimum absolute atomic E-state index is 0.113. The number of ether oxygens (including phenoxy) is 3. The maximum absolute atomic E-state index is 12.4. The molecule has 0 aromatic heterocycles. The number of hydrogen-bond acceptors (Lipinski definition) is 5. The summed E-state index contributed by atoms with van der Waals surface area (Å²) in [6.45, 7) is 2.58. The van der Waals surface area contributed by atoms with Gasteiger partial charge in [-0.05, 0) is 66.6 Å². The number of cyclic esters (lactones) is 1. The lowest BCUT2D eigenvalue weighted by molar-refractivity contribution is -0.129. The highest BCUT2D eigenvalue weighted by molar-refractivity contribution is 9.10. The number of esters is 1. The molecule has 1 heterocycles. The van der Waals surface area contributed by atoms with Crippen LogP contribution in [0.25, 0.3) is 6.08 Å². The predicted octanol–water partition coefficient (Wildman–Crippen LogP) is 7.73. The monoisotopic (exact) mass is 579 g/mol. The Balaban J connectivity index is 1.61. The summed E-state index contributed by atoms with van der Waals surface area (Å²) in [7, 11) is 0. The second-order valence-electron chi connectivity index (χ2n) is 7.15. The Morgan fingerprint density at radius 2 is 1.82 bits per heavy atom. The molecule has 4 rings (SSSR count). The van der Waals surface area contributed by atoms with Crippen molar-refractivity contribution in [3.63, 3.8) is 0 Å². The van der Waals surface area contributed by atoms with Gasteiger partial charge in [-0.25, -0.2) is 9.79 Å². The van der Waals surface area contributed by atoms with Gasteiger partial charge in [-0.15, -0.1) is 0 Å². The zero-order valence-electron chi connectivity index (χ0n) is 17.8. The van der Waals surface area contributed by atoms with Crippen LogP contribution in [0.2, 0.25) is 15.1 Å². The Kier molecular flexibility index (Phi) is 7.84. The van der Waals surface area contributed by atoms with Crippen molar-refractivity contribution >= 4 is 68.7 Å². The van der Waals surface area contributed by atoms with Gasteiger partial charge < -0.3 is 14.2 Å². The SMILES string of the molecule is CCOc1cc(/C=C2\N=C(c3ccc(Cl)c(Cl)c3)OC2=O)cc(Cl)c1OCc1cccc(Br)c1. The summed E-state index contributed by atoms with van der Waals surface area (Å²) in [5, 5.41) is 1.07. The molecule has 1 aliphatic heterocycles. The Hall–Kier alpha value is -2.51. The number of carbonyl (C=O) groups is 1. The standard InChI is InChI=1S/C25H17BrCl3NO4/c1-2-32-22-11-15(9-20(29)23(22)33-13-14-4-3-5-17(26)8-14)10-21-25(31)34-24(30-21)16-6-7-18(27)19(28)12-16/h3-12H,2,13H2,1H3/b21-10-. The molecule has 174 valence electrons. The van der Waals surface area contributed by atoms with Crippen LogP contribution in [0.5, 0.6) is 11.5 Å². The quantitative estimate of drug-likeness (QED) is 0.212. The molecular formula is C25H17BrCl3NO4. The average molecular weight is 582 g/mol. The molecule has 3 aromatic carbocycles. The third-order valence-corrected chi connectivity index (χ3v) is 6.21. The van der Waals surface area contributed by atoms with Gasteiger partial charge in [-0.1, -0.05) is 62.9 Å². The van der Waals surface area contributed by atoms with E-state index in [-0.39, 0.29) is 11.6 Å². The lowest BCUT2D eigenvalue weighted by Gasteiger charge is -2.14. The summed E-state index contributed by atoms with van der Waals surface area (Å²) >= 11 is 22.0. The number of halogens is 4. The van der Waals surface area contributed by atoms with Crippen molar-refractivity contribution in [3.05, 3.63) is 96.5 Å². The average Bonchev–Trinajstić information content (AvgIpc) is 3.15. The first kappa shape index (κ1) is 24.6. The first-order valence-corrected chi connectivity index (χ1v) is 12.1. The van der Waals surface area contributed by atoms with Crippen molar-refractivity contribution in [2.45, 2.75) is 13.5 Å². The van der Waals surface area contributed by atoms with Gasteiger partial charge in [0.2, 0.25) is 5.90 Å². The largest absolute Gasteiger partial charge is 0.490 e. The summed E-state index contributed by atoms with van der Waals surface area (Å²) < 4.78 is 18.0. The van der Waals surface area contributed by atoms with Crippen molar-refractivity contribution in [1.29, 1.82) is 0 Å². The highest BCUT2D eigenvalue weighted by Gasteiger charge is 2.25. The molecule has 1 aliphatic rings. The molecule has 9 heteroatoms. The van der Waals surface area contributed by atoms with Crippen LogP contribution in [0.4, 0.5) is 0 Å². The fourth-order valence-corrected chi connectivity index (χ4v) is 4.19. The van der Waals surface area contributed by atoms with E-state index in [1.165, 1.54) is 0 Å². The number of aliphatic imine (C=N–C) groups is 1. The maximum atomic E-state index is 12.4. The third kappa shape index (κ3) is 5.76. The molecule has 0 unspecified atom stereocenters. The van der Waals surface area contributed by atoms with Crippen LogP contribution < -0.4 is 9.47 Å². The molecule has 0 aliphatic carbocycles. The minimum Gasteiger partial charge on any atom is -0.490 e. The van der Waals surface area contributed by atoms with Gasteiger partial charge in [-0.2, -0.15) is 0 Å². The molecule has 3 aromatic rings. The number of nitrogens with zero attached hydrogens (tertiary/aromatic N) is 1. The van der Waals surface area contributed by atoms with Crippen molar-refractivity contribution in [2.75, 3.05) is 6.61 Å². The zero-order chi connectivity index (χ0) is 24.2. The fourth-order valence-electron chi connectivity index (χ4n) is 3.18. The van der Waals surface area contributed by atoms with Crippen LogP contribution in [-0.2, 0) is 16.1 Å². The highest BCUT2D eigenvalue weighted by Crippen LogP contribution is 2.38. The molecular weight excluding hydrogens is 565 g/mol. The Bertz CT molecular complexity index is 1320. The fraction of sp³-hybridized carbons (Fsp3) is 0.120. The molecule has 0 spiro atoms. The van der Waals surface area contributed by atoms with Gasteiger partial charge in [0, 0.05) is 10.0 Å². The number of rotatable bonds is 7. The third-order valence-electron chi connectivity index (χ3n) is 4.69. The molecule has 34 heavy (non-hydrogen) atoms. The molecule has 0 saturated heterocycles. The van der Waals surface area contributed by atoms with E-state index in [2.05, 4.69) is 20.9 Å². The van der Waals surface area contributed by atoms with Gasteiger partial charge in [0.1, 0.15) is 6.61 Å². The Morgan fingerprint density at radius 3 is 2.56 bits per heavy atom. The molecule has 0 bridgehead atoms. The number of carbonyl (C=O) groups excluding carboxylic acids is 1. The van der Waals surface area contributed by atoms with E-state index in [0.717, 1.165) is 10.0 Å². The zero-order valence-corrected chi connectivity index (χ0v) is 21.6. The van der Waals surface area contributed by atoms with E-state index >= 15 is 0 Å². The number of hydrogen-bond donors (Lipinski definition) is 0. The summed E-state index contributed by atoms with van der Waals surface area (Å²) in [5.41, 5.74) is 2.23. The van der Waals surface area contributed by atoms with Gasteiger partial charge in [0.05, 0.1) is 21.7 Å². The Labute approximate surface area is 220 Å². The highest BCUT2D eigenvalue weighted by atomic mass is 79.9. The van der Waals surface area contributed by atoms with E-state index in [9.17, 15) is 4.79 Å². The van der Waals surface area contributed by atoms with Gasteiger partial charge >= 0.3 is 5.97 Å². The van der Waals surface area contributed by atoms with E-state index in [0.29, 0.717) is 50.9 Å². The second kappa shape index (κ2) is 10.8. The van der Waals surface area contributed by atoms with E-state index < -0.39 is 5.97 Å². The lowest BCUT2D eigenvalue weighted by Crippen LogP contribution is -2.05. The summed E-state index contributed by atoms with van der Waals surface area (Å²) in [4.78, 5) is 16.7. The van der Waals surface area contributed by atoms with E-state index in [1.807, 2.05) is 31.2 Å². The van der Waals surface area contributed by atoms with Crippen LogP contribution in [0.15, 0.2) is 69.8 Å². The van der Waals surface area contributed by atoms with Crippen LogP contribution in [0.3, 0.4) is 0 Å². The van der Waals surface area contributed by atoms with Crippen molar-refractivity contribution in [2.24, 2.45) is 4.99 Å². The van der Waals surface area contributed by atoms with Crippen molar-refractivity contribution < 1.29 is 19.0 Å². The summed E-state index contributed by atoms with van der Waals surface area (Å²) in [6, 6.07) is 16.1. The molecule has 0 amide bonds. The number of benzene rings is 3. The van der Waals surface area contributed by atoms with Crippen molar-refractivity contribution in [3.8, 4) is 11.5 Å². The molecule has 5 nitrogen and oxygen atoms in total. The molecule has 0 N–H and O–H groups in total. The van der Waals surface area contributed by atoms with Crippen molar-refractivity contribution in [1.82, 2.24) is 0 Å². The van der Waals surface area contributed by atoms with E-state index in [1.54, 1.807) is 36.4 Å². The topological polar surface area (TPSA) is 57.1 Å². The lowest BCUT2D eigenvalue weighted by atomic mass is 10.1. The van der Waals surface area contributed by atoms with Crippen LogP contribution in [0, 0.1) is 0 Å². The predicted molar refractivity (Wildman–Crippen MR) is 138 cm³/mol. The molecule has 0 fully saturated rings. The maximum Gasteiger partial charge on any atom is 0.363 e. The normalized spacial score (nSPS) is 14.2. The minimum atomic E-state index is -0.592. The smallest absolute Gasteiger partial charge is 0.363 e. The molecule has 0 atom stereocenters. The van der Waals surface area contributed by atoms with Crippen LogP contribution >= 0.6 is 50.7 Å². The summed E-state index contributed by atoms with van der Waals surface area (Å²) in [5.74, 6) is 0.418. The van der Waals surface area contributed by atoms with Gasteiger partial charge in [0.25, 0.3) is 0 Å². The van der Waals surface area contributed by atoms with Crippen LogP contribution in [0.1, 0.15) is 23.6 Å². The van der Waals surface area contributed by atoms with Gasteiger partial charge in [0.15, 0.2) is 17.2 Å². The van der Waals surface area contributed by atoms with E-state index in [4.69, 9.17) is 49.0 Å². The second-order valence-corrected chi connectivity index (χ2v) is 9.28. The first-order valence-electron chi connectivity index (χ1n) is 10.2. The van der Waals surface area contributed by atoms with Crippen LogP contribution in [-0.4, -0.2) is 18.5 Å².